The molecule has 0 fully saturated rings. The van der Waals surface area contributed by atoms with Crippen molar-refractivity contribution in [3.05, 3.63) is 17.5 Å². The Kier molecular flexibility index (Phi) is 3.90. The van der Waals surface area contributed by atoms with Crippen molar-refractivity contribution in [1.82, 2.24) is 10.5 Å². The number of nitrogens with zero attached hydrogens (tertiary/aromatic N) is 1. The van der Waals surface area contributed by atoms with Gasteiger partial charge in [-0.3, -0.25) is 4.79 Å². The fourth-order valence-electron chi connectivity index (χ4n) is 1.03. The summed E-state index contributed by atoms with van der Waals surface area (Å²) < 4.78 is 4.84. The van der Waals surface area contributed by atoms with E-state index < -0.39 is 0 Å². The Morgan fingerprint density at radius 2 is 2.40 bits per heavy atom. The van der Waals surface area contributed by atoms with Crippen molar-refractivity contribution in [1.29, 1.82) is 0 Å². The van der Waals surface area contributed by atoms with Crippen molar-refractivity contribution < 1.29 is 9.32 Å². The van der Waals surface area contributed by atoms with E-state index in [0.29, 0.717) is 16.8 Å². The van der Waals surface area contributed by atoms with E-state index in [-0.39, 0.29) is 11.4 Å². The summed E-state index contributed by atoms with van der Waals surface area (Å²) in [5.74, 6) is 0.438. The number of nitrogens with one attached hydrogen (secondary N) is 1. The van der Waals surface area contributed by atoms with Gasteiger partial charge in [0.1, 0.15) is 5.76 Å². The van der Waals surface area contributed by atoms with Crippen molar-refractivity contribution in [2.24, 2.45) is 0 Å². The second-order valence-electron chi connectivity index (χ2n) is 3.82. The van der Waals surface area contributed by atoms with Crippen molar-refractivity contribution in [2.75, 3.05) is 5.33 Å². The molecule has 84 valence electrons. The monoisotopic (exact) mass is 274 g/mol. The van der Waals surface area contributed by atoms with Crippen LogP contribution in [-0.2, 0) is 0 Å². The molecule has 1 rings (SSSR count). The summed E-state index contributed by atoms with van der Waals surface area (Å²) in [5.41, 5.74) is 0.0809. The van der Waals surface area contributed by atoms with Crippen LogP contribution in [0.3, 0.4) is 0 Å². The average Bonchev–Trinajstić information content (AvgIpc) is 2.65. The van der Waals surface area contributed by atoms with E-state index >= 15 is 0 Å². The van der Waals surface area contributed by atoms with Gasteiger partial charge in [0.2, 0.25) is 0 Å². The molecule has 15 heavy (non-hydrogen) atoms. The van der Waals surface area contributed by atoms with Gasteiger partial charge >= 0.3 is 0 Å². The molecule has 0 saturated carbocycles. The van der Waals surface area contributed by atoms with Crippen LogP contribution < -0.4 is 5.32 Å². The molecule has 0 spiro atoms. The van der Waals surface area contributed by atoms with Gasteiger partial charge in [0.15, 0.2) is 5.69 Å². The summed E-state index contributed by atoms with van der Waals surface area (Å²) in [4.78, 5) is 11.7. The lowest BCUT2D eigenvalue weighted by atomic mass is 10.0. The number of amides is 1. The Labute approximate surface area is 97.5 Å². The van der Waals surface area contributed by atoms with Gasteiger partial charge < -0.3 is 9.84 Å². The van der Waals surface area contributed by atoms with Gasteiger partial charge in [0.05, 0.1) is 0 Å². The lowest BCUT2D eigenvalue weighted by Crippen LogP contribution is -2.47. The molecule has 1 atom stereocenters. The molecule has 1 unspecified atom stereocenters. The van der Waals surface area contributed by atoms with Gasteiger partial charge in [-0.2, -0.15) is 0 Å². The normalized spacial score (nSPS) is 14.7. The van der Waals surface area contributed by atoms with Crippen LogP contribution in [0.25, 0.3) is 0 Å². The van der Waals surface area contributed by atoms with Crippen LogP contribution in [0.5, 0.6) is 0 Å². The van der Waals surface area contributed by atoms with Crippen molar-refractivity contribution in [2.45, 2.75) is 32.7 Å². The van der Waals surface area contributed by atoms with E-state index in [1.165, 1.54) is 0 Å². The Bertz CT molecular complexity index is 345. The molecule has 0 aliphatic heterocycles. The molecule has 0 saturated heterocycles. The third kappa shape index (κ3) is 3.06. The lowest BCUT2D eigenvalue weighted by molar-refractivity contribution is 0.0904. The highest BCUT2D eigenvalue weighted by Crippen LogP contribution is 2.13. The summed E-state index contributed by atoms with van der Waals surface area (Å²) in [7, 11) is 0. The first-order valence-corrected chi connectivity index (χ1v) is 5.94. The second-order valence-corrected chi connectivity index (χ2v) is 4.39. The summed E-state index contributed by atoms with van der Waals surface area (Å²) in [6.07, 6.45) is 0.848. The quantitative estimate of drug-likeness (QED) is 0.858. The topological polar surface area (TPSA) is 55.1 Å². The molecule has 0 bridgehead atoms. The summed E-state index contributed by atoms with van der Waals surface area (Å²) in [5, 5.41) is 7.29. The Hall–Kier alpha value is -0.840. The van der Waals surface area contributed by atoms with E-state index in [4.69, 9.17) is 4.52 Å². The fraction of sp³-hybridized carbons (Fsp3) is 0.600. The van der Waals surface area contributed by atoms with Gasteiger partial charge in [-0.25, -0.2) is 0 Å². The van der Waals surface area contributed by atoms with Gasteiger partial charge in [-0.05, 0) is 20.3 Å². The van der Waals surface area contributed by atoms with E-state index in [1.807, 2.05) is 13.8 Å². The third-order valence-corrected chi connectivity index (χ3v) is 3.59. The molecule has 1 amide bonds. The molecule has 0 aliphatic rings. The standard InChI is InChI=1S/C10H15BrN2O2/c1-4-10(3,6-11)12-9(14)8-5-7(2)15-13-8/h5H,4,6H2,1-3H3,(H,12,14). The number of carbonyl (C=O) groups excluding carboxylic acids is 1. The highest BCUT2D eigenvalue weighted by atomic mass is 79.9. The van der Waals surface area contributed by atoms with Crippen molar-refractivity contribution in [3.8, 4) is 0 Å². The van der Waals surface area contributed by atoms with Crippen molar-refractivity contribution >= 4 is 21.8 Å². The summed E-state index contributed by atoms with van der Waals surface area (Å²) in [6, 6.07) is 1.62. The van der Waals surface area contributed by atoms with Crippen LogP contribution in [0, 0.1) is 6.92 Å². The van der Waals surface area contributed by atoms with Crippen LogP contribution in [0.15, 0.2) is 10.6 Å². The Morgan fingerprint density at radius 1 is 1.73 bits per heavy atom. The van der Waals surface area contributed by atoms with Crippen LogP contribution in [0.2, 0.25) is 0 Å². The van der Waals surface area contributed by atoms with Gasteiger partial charge in [0, 0.05) is 16.9 Å². The molecular formula is C10H15BrN2O2. The van der Waals surface area contributed by atoms with Gasteiger partial charge in [-0.15, -0.1) is 0 Å². The van der Waals surface area contributed by atoms with E-state index in [0.717, 1.165) is 6.42 Å². The highest BCUT2D eigenvalue weighted by molar-refractivity contribution is 9.09. The van der Waals surface area contributed by atoms with E-state index in [9.17, 15) is 4.79 Å². The molecule has 1 N–H and O–H groups in total. The zero-order valence-corrected chi connectivity index (χ0v) is 10.7. The maximum Gasteiger partial charge on any atom is 0.273 e. The number of hydrogen-bond donors (Lipinski definition) is 1. The lowest BCUT2D eigenvalue weighted by Gasteiger charge is -2.26. The number of aromatic nitrogens is 1. The summed E-state index contributed by atoms with van der Waals surface area (Å²) in [6.45, 7) is 5.76. The zero-order chi connectivity index (χ0) is 11.5. The highest BCUT2D eigenvalue weighted by Gasteiger charge is 2.24. The SMILES string of the molecule is CCC(C)(CBr)NC(=O)c1cc(C)on1. The first kappa shape index (κ1) is 12.2. The molecule has 1 aromatic heterocycles. The van der Waals surface area contributed by atoms with E-state index in [1.54, 1.807) is 13.0 Å². The molecular weight excluding hydrogens is 260 g/mol. The predicted molar refractivity (Wildman–Crippen MR) is 61.2 cm³/mol. The van der Waals surface area contributed by atoms with Crippen LogP contribution in [-0.4, -0.2) is 21.9 Å². The minimum atomic E-state index is -0.246. The molecule has 5 heteroatoms. The minimum absolute atomic E-state index is 0.198. The molecule has 1 heterocycles. The average molecular weight is 275 g/mol. The first-order valence-electron chi connectivity index (χ1n) is 4.82. The number of carbonyl (C=O) groups is 1. The fourth-order valence-corrected chi connectivity index (χ4v) is 1.56. The largest absolute Gasteiger partial charge is 0.361 e. The van der Waals surface area contributed by atoms with Crippen LogP contribution in [0.1, 0.15) is 36.5 Å². The predicted octanol–water partition coefficient (Wildman–Crippen LogP) is 2.28. The smallest absolute Gasteiger partial charge is 0.273 e. The molecule has 1 aromatic rings. The maximum absolute atomic E-state index is 11.7. The Morgan fingerprint density at radius 3 is 2.80 bits per heavy atom. The second kappa shape index (κ2) is 4.79. The van der Waals surface area contributed by atoms with Crippen LogP contribution in [0.4, 0.5) is 0 Å². The number of halogens is 1. The number of aryl methyl sites for hydroxylation is 1. The van der Waals surface area contributed by atoms with Gasteiger partial charge in [-0.1, -0.05) is 28.0 Å². The maximum atomic E-state index is 11.7. The molecule has 4 nitrogen and oxygen atoms in total. The first-order chi connectivity index (χ1) is 7.00. The third-order valence-electron chi connectivity index (χ3n) is 2.35. The number of rotatable bonds is 4. The van der Waals surface area contributed by atoms with Crippen LogP contribution >= 0.6 is 15.9 Å². The number of hydrogen-bond acceptors (Lipinski definition) is 3. The molecule has 0 aliphatic carbocycles. The summed E-state index contributed by atoms with van der Waals surface area (Å²) >= 11 is 3.38. The van der Waals surface area contributed by atoms with Gasteiger partial charge in [0.25, 0.3) is 5.91 Å². The number of alkyl halides is 1. The zero-order valence-electron chi connectivity index (χ0n) is 9.13. The Balaban J connectivity index is 2.71. The molecule has 0 radical (unpaired) electrons. The van der Waals surface area contributed by atoms with E-state index in [2.05, 4.69) is 26.4 Å². The van der Waals surface area contributed by atoms with Crippen molar-refractivity contribution in [3.63, 3.8) is 0 Å². The molecule has 0 aromatic carbocycles. The minimum Gasteiger partial charge on any atom is -0.361 e.